The number of nitro benzene ring substituents is 1. The number of ether oxygens (including phenoxy) is 1. The Morgan fingerprint density at radius 3 is 2.33 bits per heavy atom. The number of benzene rings is 2. The summed E-state index contributed by atoms with van der Waals surface area (Å²) in [6.45, 7) is 3.76. The maximum absolute atomic E-state index is 13.6. The zero-order chi connectivity index (χ0) is 15.7. The van der Waals surface area contributed by atoms with Crippen LogP contribution in [-0.2, 0) is 0 Å². The van der Waals surface area contributed by atoms with E-state index in [1.54, 1.807) is 34.7 Å². The van der Waals surface area contributed by atoms with Gasteiger partial charge in [-0.3, -0.25) is 10.1 Å². The molecule has 0 atom stereocenters. The minimum atomic E-state index is -0.588. The molecule has 0 N–H and O–H groups in total. The van der Waals surface area contributed by atoms with Gasteiger partial charge in [-0.2, -0.15) is 0 Å². The molecule has 0 aliphatic rings. The third-order valence-electron chi connectivity index (χ3n) is 2.84. The SMILES string of the molecule is Cc1cc(Oc2cc(F)c(I)cc2[N+](=O)[O-])cc(C)c1Br. The fraction of sp³-hybridized carbons (Fsp3) is 0.143. The van der Waals surface area contributed by atoms with Crippen LogP contribution in [0.25, 0.3) is 0 Å². The van der Waals surface area contributed by atoms with E-state index in [2.05, 4.69) is 15.9 Å². The molecular formula is C14H10BrFINO3. The molecule has 0 aliphatic heterocycles. The Labute approximate surface area is 142 Å². The van der Waals surface area contributed by atoms with Crippen LogP contribution in [0, 0.1) is 33.3 Å². The highest BCUT2D eigenvalue weighted by Crippen LogP contribution is 2.36. The van der Waals surface area contributed by atoms with E-state index in [0.29, 0.717) is 5.75 Å². The number of hydrogen-bond donors (Lipinski definition) is 0. The van der Waals surface area contributed by atoms with Crippen molar-refractivity contribution < 1.29 is 14.1 Å². The molecule has 4 nitrogen and oxygen atoms in total. The molecule has 0 saturated heterocycles. The maximum Gasteiger partial charge on any atom is 0.312 e. The Kier molecular flexibility index (Phi) is 4.82. The first-order chi connectivity index (χ1) is 9.79. The lowest BCUT2D eigenvalue weighted by Crippen LogP contribution is -1.97. The number of rotatable bonds is 3. The first-order valence-corrected chi connectivity index (χ1v) is 7.75. The predicted octanol–water partition coefficient (Wildman–Crippen LogP) is 5.51. The van der Waals surface area contributed by atoms with Crippen LogP contribution in [0.3, 0.4) is 0 Å². The van der Waals surface area contributed by atoms with Crippen LogP contribution in [0.2, 0.25) is 0 Å². The van der Waals surface area contributed by atoms with Crippen molar-refractivity contribution in [3.05, 3.63) is 59.4 Å². The molecule has 0 amide bonds. The summed E-state index contributed by atoms with van der Waals surface area (Å²) in [5.41, 5.74) is 1.59. The Bertz CT molecular complexity index is 713. The lowest BCUT2D eigenvalue weighted by molar-refractivity contribution is -0.385. The van der Waals surface area contributed by atoms with E-state index in [1.807, 2.05) is 13.8 Å². The topological polar surface area (TPSA) is 52.4 Å². The van der Waals surface area contributed by atoms with E-state index < -0.39 is 10.7 Å². The van der Waals surface area contributed by atoms with Crippen LogP contribution in [-0.4, -0.2) is 4.92 Å². The molecule has 2 rings (SSSR count). The van der Waals surface area contributed by atoms with Gasteiger partial charge in [0.25, 0.3) is 0 Å². The van der Waals surface area contributed by atoms with Gasteiger partial charge in [0.1, 0.15) is 11.6 Å². The monoisotopic (exact) mass is 465 g/mol. The molecule has 0 aliphatic carbocycles. The van der Waals surface area contributed by atoms with Crippen LogP contribution >= 0.6 is 38.5 Å². The molecular weight excluding hydrogens is 456 g/mol. The minimum absolute atomic E-state index is 0.112. The first kappa shape index (κ1) is 16.2. The van der Waals surface area contributed by atoms with Crippen LogP contribution in [0.5, 0.6) is 11.5 Å². The molecule has 2 aromatic carbocycles. The number of aryl methyl sites for hydroxylation is 2. The summed E-state index contributed by atoms with van der Waals surface area (Å²) in [5.74, 6) is -0.238. The Balaban J connectivity index is 2.48. The van der Waals surface area contributed by atoms with Crippen LogP contribution in [0.15, 0.2) is 28.7 Å². The largest absolute Gasteiger partial charge is 0.450 e. The smallest absolute Gasteiger partial charge is 0.312 e. The highest BCUT2D eigenvalue weighted by Gasteiger charge is 2.20. The summed E-state index contributed by atoms with van der Waals surface area (Å²) in [6, 6.07) is 5.66. The summed E-state index contributed by atoms with van der Waals surface area (Å²) in [4.78, 5) is 10.5. The van der Waals surface area contributed by atoms with Crippen LogP contribution in [0.1, 0.15) is 11.1 Å². The molecule has 110 valence electrons. The zero-order valence-electron chi connectivity index (χ0n) is 11.1. The zero-order valence-corrected chi connectivity index (χ0v) is 14.9. The second-order valence-corrected chi connectivity index (χ2v) is 6.42. The standard InChI is InChI=1S/C14H10BrFINO3/c1-7-3-9(4-8(2)14(7)15)21-13-5-10(16)11(17)6-12(13)18(19)20/h3-6H,1-2H3. The second kappa shape index (κ2) is 6.27. The summed E-state index contributed by atoms with van der Waals surface area (Å²) < 4.78 is 20.3. The highest BCUT2D eigenvalue weighted by molar-refractivity contribution is 14.1. The van der Waals surface area contributed by atoms with Crippen molar-refractivity contribution in [2.45, 2.75) is 13.8 Å². The molecule has 0 fully saturated rings. The van der Waals surface area contributed by atoms with Crippen LogP contribution in [0.4, 0.5) is 10.1 Å². The van der Waals surface area contributed by atoms with Gasteiger partial charge >= 0.3 is 5.69 Å². The maximum atomic E-state index is 13.6. The Hall–Kier alpha value is -1.22. The fourth-order valence-electron chi connectivity index (χ4n) is 1.83. The van der Waals surface area contributed by atoms with Crippen molar-refractivity contribution in [2.24, 2.45) is 0 Å². The summed E-state index contributed by atoms with van der Waals surface area (Å²) in [5, 5.41) is 11.1. The van der Waals surface area contributed by atoms with Crippen LogP contribution < -0.4 is 4.74 Å². The molecule has 0 unspecified atom stereocenters. The van der Waals surface area contributed by atoms with E-state index in [0.717, 1.165) is 27.7 Å². The summed E-state index contributed by atoms with van der Waals surface area (Å²) in [6.07, 6.45) is 0. The van der Waals surface area contributed by atoms with Gasteiger partial charge in [0.05, 0.1) is 8.49 Å². The lowest BCUT2D eigenvalue weighted by atomic mass is 10.1. The summed E-state index contributed by atoms with van der Waals surface area (Å²) in [7, 11) is 0. The van der Waals surface area contributed by atoms with Gasteiger partial charge in [0, 0.05) is 16.6 Å². The molecule has 0 radical (unpaired) electrons. The number of nitro groups is 1. The fourth-order valence-corrected chi connectivity index (χ4v) is 2.51. The van der Waals surface area contributed by atoms with Gasteiger partial charge in [0.2, 0.25) is 5.75 Å². The lowest BCUT2D eigenvalue weighted by Gasteiger charge is -2.10. The first-order valence-electron chi connectivity index (χ1n) is 5.87. The van der Waals surface area contributed by atoms with Gasteiger partial charge in [-0.25, -0.2) is 4.39 Å². The Morgan fingerprint density at radius 2 is 1.81 bits per heavy atom. The van der Waals surface area contributed by atoms with E-state index >= 15 is 0 Å². The van der Waals surface area contributed by atoms with E-state index in [9.17, 15) is 14.5 Å². The van der Waals surface area contributed by atoms with Gasteiger partial charge < -0.3 is 4.74 Å². The third kappa shape index (κ3) is 3.52. The molecule has 0 bridgehead atoms. The van der Waals surface area contributed by atoms with E-state index in [-0.39, 0.29) is 15.0 Å². The quantitative estimate of drug-likeness (QED) is 0.341. The van der Waals surface area contributed by atoms with E-state index in [4.69, 9.17) is 4.74 Å². The molecule has 0 heterocycles. The van der Waals surface area contributed by atoms with Gasteiger partial charge in [-0.05, 0) is 59.7 Å². The van der Waals surface area contributed by atoms with E-state index in [1.165, 1.54) is 0 Å². The Morgan fingerprint density at radius 1 is 1.24 bits per heavy atom. The summed E-state index contributed by atoms with van der Waals surface area (Å²) >= 11 is 5.14. The number of nitrogens with zero attached hydrogens (tertiary/aromatic N) is 1. The minimum Gasteiger partial charge on any atom is -0.450 e. The molecule has 0 saturated carbocycles. The molecule has 21 heavy (non-hydrogen) atoms. The molecule has 0 spiro atoms. The van der Waals surface area contributed by atoms with Crippen molar-refractivity contribution in [2.75, 3.05) is 0 Å². The number of halogens is 3. The van der Waals surface area contributed by atoms with Crippen molar-refractivity contribution in [1.82, 2.24) is 0 Å². The molecule has 0 aromatic heterocycles. The van der Waals surface area contributed by atoms with Gasteiger partial charge in [0.15, 0.2) is 0 Å². The van der Waals surface area contributed by atoms with Crippen molar-refractivity contribution in [3.8, 4) is 11.5 Å². The molecule has 2 aromatic rings. The van der Waals surface area contributed by atoms with Gasteiger partial charge in [-0.1, -0.05) is 15.9 Å². The second-order valence-electron chi connectivity index (χ2n) is 4.46. The molecule has 7 heteroatoms. The average molecular weight is 466 g/mol. The average Bonchev–Trinajstić information content (AvgIpc) is 2.39. The third-order valence-corrected chi connectivity index (χ3v) is 4.91. The van der Waals surface area contributed by atoms with Gasteiger partial charge in [-0.15, -0.1) is 0 Å². The highest BCUT2D eigenvalue weighted by atomic mass is 127. The number of hydrogen-bond acceptors (Lipinski definition) is 3. The van der Waals surface area contributed by atoms with Crippen molar-refractivity contribution in [1.29, 1.82) is 0 Å². The normalized spacial score (nSPS) is 10.5. The van der Waals surface area contributed by atoms with Crippen molar-refractivity contribution >= 4 is 44.2 Å². The van der Waals surface area contributed by atoms with Crippen molar-refractivity contribution in [3.63, 3.8) is 0 Å². The predicted molar refractivity (Wildman–Crippen MR) is 89.5 cm³/mol.